The number of hydrogen-bond acceptors (Lipinski definition) is 1. The first-order valence-electron chi connectivity index (χ1n) is 6.34. The molecule has 2 rings (SSSR count). The Kier molecular flexibility index (Phi) is 5.22. The van der Waals surface area contributed by atoms with Crippen LogP contribution in [0.15, 0.2) is 34.8 Å². The molecular weight excluding hydrogens is 362 g/mol. The van der Waals surface area contributed by atoms with Crippen LogP contribution in [0.1, 0.15) is 22.1 Å². The SMILES string of the molecule is COc1cc(C)c(Br)cc1C(Cl)Cc1ccc(F)cc1F. The molecule has 1 atom stereocenters. The summed E-state index contributed by atoms with van der Waals surface area (Å²) < 4.78 is 32.9. The Bertz CT molecular complexity index is 661. The summed E-state index contributed by atoms with van der Waals surface area (Å²) in [5, 5.41) is -0.475. The minimum atomic E-state index is -0.599. The maximum atomic E-state index is 13.7. The van der Waals surface area contributed by atoms with E-state index >= 15 is 0 Å². The lowest BCUT2D eigenvalue weighted by Gasteiger charge is -2.16. The van der Waals surface area contributed by atoms with Gasteiger partial charge in [0.05, 0.1) is 12.5 Å². The Morgan fingerprint density at radius 2 is 1.95 bits per heavy atom. The molecule has 0 fully saturated rings. The molecule has 0 N–H and O–H groups in total. The fourth-order valence-corrected chi connectivity index (χ4v) is 2.78. The summed E-state index contributed by atoms with van der Waals surface area (Å²) in [4.78, 5) is 0. The van der Waals surface area contributed by atoms with Crippen LogP contribution in [-0.2, 0) is 6.42 Å². The molecule has 0 saturated heterocycles. The van der Waals surface area contributed by atoms with Crippen molar-refractivity contribution < 1.29 is 13.5 Å². The van der Waals surface area contributed by atoms with Gasteiger partial charge in [-0.15, -0.1) is 11.6 Å². The lowest BCUT2D eigenvalue weighted by molar-refractivity contribution is 0.408. The molecule has 0 aliphatic rings. The summed E-state index contributed by atoms with van der Waals surface area (Å²) in [6.45, 7) is 1.94. The smallest absolute Gasteiger partial charge is 0.129 e. The summed E-state index contributed by atoms with van der Waals surface area (Å²) in [5.74, 6) is -0.540. The number of aryl methyl sites for hydroxylation is 1. The maximum absolute atomic E-state index is 13.7. The fraction of sp³-hybridized carbons (Fsp3) is 0.250. The van der Waals surface area contributed by atoms with Crippen molar-refractivity contribution in [1.82, 2.24) is 0 Å². The first-order valence-corrected chi connectivity index (χ1v) is 7.57. The van der Waals surface area contributed by atoms with E-state index in [9.17, 15) is 8.78 Å². The van der Waals surface area contributed by atoms with Crippen LogP contribution in [0.4, 0.5) is 8.78 Å². The van der Waals surface area contributed by atoms with Crippen molar-refractivity contribution in [1.29, 1.82) is 0 Å². The van der Waals surface area contributed by atoms with Crippen LogP contribution in [0.25, 0.3) is 0 Å². The number of hydrogen-bond donors (Lipinski definition) is 0. The summed E-state index contributed by atoms with van der Waals surface area (Å²) in [6, 6.07) is 7.24. The molecule has 21 heavy (non-hydrogen) atoms. The first-order chi connectivity index (χ1) is 9.92. The third kappa shape index (κ3) is 3.74. The number of rotatable bonds is 4. The monoisotopic (exact) mass is 374 g/mol. The molecule has 0 aliphatic heterocycles. The fourth-order valence-electron chi connectivity index (χ4n) is 2.08. The molecule has 5 heteroatoms. The minimum absolute atomic E-state index is 0.250. The van der Waals surface area contributed by atoms with Crippen molar-refractivity contribution in [3.05, 3.63) is 63.1 Å². The van der Waals surface area contributed by atoms with Crippen molar-refractivity contribution in [2.75, 3.05) is 7.11 Å². The molecular formula is C16H14BrClF2O. The lowest BCUT2D eigenvalue weighted by Crippen LogP contribution is -2.02. The zero-order valence-electron chi connectivity index (χ0n) is 11.6. The third-order valence-corrected chi connectivity index (χ3v) is 4.51. The van der Waals surface area contributed by atoms with E-state index in [2.05, 4.69) is 15.9 Å². The topological polar surface area (TPSA) is 9.23 Å². The normalized spacial score (nSPS) is 12.3. The highest BCUT2D eigenvalue weighted by Gasteiger charge is 2.18. The second-order valence-corrected chi connectivity index (χ2v) is 6.13. The van der Waals surface area contributed by atoms with Crippen LogP contribution >= 0.6 is 27.5 Å². The quantitative estimate of drug-likeness (QED) is 0.635. The van der Waals surface area contributed by atoms with E-state index in [0.717, 1.165) is 21.7 Å². The van der Waals surface area contributed by atoms with Crippen LogP contribution in [0.2, 0.25) is 0 Å². The summed E-state index contributed by atoms with van der Waals surface area (Å²) >= 11 is 9.85. The van der Waals surface area contributed by atoms with Crippen LogP contribution in [0.3, 0.4) is 0 Å². The Hall–Kier alpha value is -1.13. The van der Waals surface area contributed by atoms with Crippen molar-refractivity contribution in [2.24, 2.45) is 0 Å². The molecule has 0 amide bonds. The highest BCUT2D eigenvalue weighted by molar-refractivity contribution is 9.10. The molecule has 2 aromatic rings. The molecule has 0 aromatic heterocycles. The Labute approximate surface area is 136 Å². The van der Waals surface area contributed by atoms with Crippen molar-refractivity contribution in [3.8, 4) is 5.75 Å². The molecule has 0 spiro atoms. The number of methoxy groups -OCH3 is 1. The average molecular weight is 376 g/mol. The molecule has 0 saturated carbocycles. The average Bonchev–Trinajstić information content (AvgIpc) is 2.44. The third-order valence-electron chi connectivity index (χ3n) is 3.26. The van der Waals surface area contributed by atoms with Crippen LogP contribution in [0.5, 0.6) is 5.75 Å². The minimum Gasteiger partial charge on any atom is -0.496 e. The van der Waals surface area contributed by atoms with E-state index in [1.54, 1.807) is 7.11 Å². The van der Waals surface area contributed by atoms with Crippen LogP contribution in [-0.4, -0.2) is 7.11 Å². The maximum Gasteiger partial charge on any atom is 0.129 e. The number of ether oxygens (including phenoxy) is 1. The van der Waals surface area contributed by atoms with Crippen LogP contribution in [0, 0.1) is 18.6 Å². The van der Waals surface area contributed by atoms with E-state index in [1.165, 1.54) is 12.1 Å². The zero-order chi connectivity index (χ0) is 15.6. The van der Waals surface area contributed by atoms with Gasteiger partial charge in [0.15, 0.2) is 0 Å². The van der Waals surface area contributed by atoms with Gasteiger partial charge < -0.3 is 4.74 Å². The standard InChI is InChI=1S/C16H14BrClF2O/c1-9-5-16(21-2)12(8-13(9)17)14(18)6-10-3-4-11(19)7-15(10)20/h3-5,7-8,14H,6H2,1-2H3. The van der Waals surface area contributed by atoms with E-state index in [-0.39, 0.29) is 6.42 Å². The second kappa shape index (κ2) is 6.75. The molecule has 0 bridgehead atoms. The van der Waals surface area contributed by atoms with Crippen LogP contribution < -0.4 is 4.74 Å². The molecule has 0 radical (unpaired) electrons. The highest BCUT2D eigenvalue weighted by Crippen LogP contribution is 2.36. The van der Waals surface area contributed by atoms with Crippen molar-refractivity contribution >= 4 is 27.5 Å². The second-order valence-electron chi connectivity index (χ2n) is 4.75. The Morgan fingerprint density at radius 1 is 1.24 bits per heavy atom. The predicted octanol–water partition coefficient (Wildman–Crippen LogP) is 5.57. The molecule has 112 valence electrons. The predicted molar refractivity (Wildman–Crippen MR) is 84.1 cm³/mol. The van der Waals surface area contributed by atoms with Gasteiger partial charge in [0, 0.05) is 16.1 Å². The van der Waals surface area contributed by atoms with Gasteiger partial charge in [0.25, 0.3) is 0 Å². The van der Waals surface area contributed by atoms with Gasteiger partial charge >= 0.3 is 0 Å². The van der Waals surface area contributed by atoms with Gasteiger partial charge in [0.1, 0.15) is 17.4 Å². The van der Waals surface area contributed by atoms with Gasteiger partial charge in [0.2, 0.25) is 0 Å². The largest absolute Gasteiger partial charge is 0.496 e. The van der Waals surface area contributed by atoms with Crippen molar-refractivity contribution in [3.63, 3.8) is 0 Å². The van der Waals surface area contributed by atoms with Gasteiger partial charge in [-0.25, -0.2) is 8.78 Å². The summed E-state index contributed by atoms with van der Waals surface area (Å²) in [5.41, 5.74) is 2.16. The van der Waals surface area contributed by atoms with E-state index in [4.69, 9.17) is 16.3 Å². The van der Waals surface area contributed by atoms with E-state index < -0.39 is 17.0 Å². The van der Waals surface area contributed by atoms with E-state index in [1.807, 2.05) is 19.1 Å². The Morgan fingerprint density at radius 3 is 2.57 bits per heavy atom. The molecule has 1 unspecified atom stereocenters. The van der Waals surface area contributed by atoms with Gasteiger partial charge in [-0.2, -0.15) is 0 Å². The van der Waals surface area contributed by atoms with Gasteiger partial charge in [-0.05, 0) is 42.7 Å². The number of benzene rings is 2. The molecule has 0 aliphatic carbocycles. The zero-order valence-corrected chi connectivity index (χ0v) is 13.9. The first kappa shape index (κ1) is 16.2. The number of alkyl halides is 1. The van der Waals surface area contributed by atoms with Gasteiger partial charge in [-0.1, -0.05) is 22.0 Å². The van der Waals surface area contributed by atoms with E-state index in [0.29, 0.717) is 11.3 Å². The lowest BCUT2D eigenvalue weighted by atomic mass is 10.0. The summed E-state index contributed by atoms with van der Waals surface area (Å²) in [7, 11) is 1.56. The molecule has 1 nitrogen and oxygen atoms in total. The summed E-state index contributed by atoms with van der Waals surface area (Å²) in [6.07, 6.45) is 0.250. The number of halogens is 4. The Balaban J connectivity index is 2.31. The van der Waals surface area contributed by atoms with Crippen molar-refractivity contribution in [2.45, 2.75) is 18.7 Å². The highest BCUT2D eigenvalue weighted by atomic mass is 79.9. The molecule has 0 heterocycles. The van der Waals surface area contributed by atoms with Gasteiger partial charge in [-0.3, -0.25) is 0 Å². The molecule has 2 aromatic carbocycles.